The smallest absolute Gasteiger partial charge is 0.410 e. The molecule has 3 aliphatic rings. The second-order valence-electron chi connectivity index (χ2n) is 8.76. The van der Waals surface area contributed by atoms with Gasteiger partial charge in [-0.05, 0) is 60.4 Å². The summed E-state index contributed by atoms with van der Waals surface area (Å²) in [6.45, 7) is 3.30. The third kappa shape index (κ3) is 3.67. The van der Waals surface area contributed by atoms with E-state index in [4.69, 9.17) is 9.47 Å². The summed E-state index contributed by atoms with van der Waals surface area (Å²) in [5.74, 6) is 1.47. The quantitative estimate of drug-likeness (QED) is 0.757. The predicted molar refractivity (Wildman–Crippen MR) is 115 cm³/mol. The van der Waals surface area contributed by atoms with Crippen LogP contribution in [0.15, 0.2) is 48.5 Å². The minimum absolute atomic E-state index is 0.159. The molecule has 2 fully saturated rings. The zero-order valence-corrected chi connectivity index (χ0v) is 17.6. The molecule has 2 aromatic rings. The molecule has 30 heavy (non-hydrogen) atoms. The van der Waals surface area contributed by atoms with E-state index in [0.717, 1.165) is 50.2 Å². The number of amides is 1. The van der Waals surface area contributed by atoms with Crippen molar-refractivity contribution >= 4 is 6.09 Å². The Kier molecular flexibility index (Phi) is 5.38. The molecule has 3 unspecified atom stereocenters. The van der Waals surface area contributed by atoms with Crippen molar-refractivity contribution in [3.8, 4) is 5.75 Å². The molecule has 3 atom stereocenters. The Hall–Kier alpha value is -2.53. The third-order valence-electron chi connectivity index (χ3n) is 7.11. The topological polar surface area (TPSA) is 42.0 Å². The van der Waals surface area contributed by atoms with Crippen molar-refractivity contribution < 1.29 is 14.3 Å². The molecule has 158 valence electrons. The van der Waals surface area contributed by atoms with Gasteiger partial charge in [0.25, 0.3) is 0 Å². The van der Waals surface area contributed by atoms with Gasteiger partial charge in [0.2, 0.25) is 0 Å². The van der Waals surface area contributed by atoms with Crippen molar-refractivity contribution in [3.05, 3.63) is 65.2 Å². The first-order valence-corrected chi connectivity index (χ1v) is 11.1. The van der Waals surface area contributed by atoms with Gasteiger partial charge in [-0.15, -0.1) is 0 Å². The number of fused-ring (bicyclic) bond motifs is 4. The molecule has 3 heterocycles. The van der Waals surface area contributed by atoms with Crippen molar-refractivity contribution in [3.63, 3.8) is 0 Å². The lowest BCUT2D eigenvalue weighted by atomic mass is 9.77. The average molecular weight is 407 g/mol. The van der Waals surface area contributed by atoms with E-state index in [9.17, 15) is 4.79 Å². The molecule has 0 aromatic heterocycles. The van der Waals surface area contributed by atoms with Crippen LogP contribution in [0.5, 0.6) is 5.75 Å². The summed E-state index contributed by atoms with van der Waals surface area (Å²) in [4.78, 5) is 17.6. The van der Waals surface area contributed by atoms with Crippen LogP contribution in [-0.4, -0.2) is 48.7 Å². The first-order valence-electron chi connectivity index (χ1n) is 11.1. The number of benzene rings is 2. The van der Waals surface area contributed by atoms with Gasteiger partial charge in [0.1, 0.15) is 12.4 Å². The lowest BCUT2D eigenvalue weighted by molar-refractivity contribution is -0.0138. The fourth-order valence-electron chi connectivity index (χ4n) is 5.59. The van der Waals surface area contributed by atoms with Crippen molar-refractivity contribution in [2.75, 3.05) is 26.7 Å². The number of methoxy groups -OCH3 is 1. The van der Waals surface area contributed by atoms with Gasteiger partial charge in [-0.2, -0.15) is 0 Å². The predicted octanol–water partition coefficient (Wildman–Crippen LogP) is 4.42. The number of carbonyl (C=O) groups is 1. The molecule has 0 saturated carbocycles. The molecular formula is C25H30N2O3. The zero-order chi connectivity index (χ0) is 20.5. The largest absolute Gasteiger partial charge is 0.497 e. The van der Waals surface area contributed by atoms with Crippen molar-refractivity contribution in [2.24, 2.45) is 5.92 Å². The van der Waals surface area contributed by atoms with Gasteiger partial charge < -0.3 is 14.4 Å². The molecule has 2 saturated heterocycles. The van der Waals surface area contributed by atoms with E-state index >= 15 is 0 Å². The Balaban J connectivity index is 1.32. The highest BCUT2D eigenvalue weighted by Gasteiger charge is 2.44. The highest BCUT2D eigenvalue weighted by atomic mass is 16.6. The van der Waals surface area contributed by atoms with E-state index in [0.29, 0.717) is 18.6 Å². The normalized spacial score (nSPS) is 25.6. The van der Waals surface area contributed by atoms with Gasteiger partial charge in [-0.1, -0.05) is 36.4 Å². The van der Waals surface area contributed by atoms with E-state index in [1.165, 1.54) is 17.5 Å². The standard InChI is InChI=1S/C25H30N2O3/c1-29-21-9-10-22-19(14-21)11-13-26-16-20-8-5-12-27(23(20)15-24(22)26)25(28)30-17-18-6-3-2-4-7-18/h2-4,6-7,9-10,14,20,23-24H,5,8,11-13,15-17H2,1H3. The summed E-state index contributed by atoms with van der Waals surface area (Å²) in [6.07, 6.45) is 4.17. The molecule has 0 aliphatic carbocycles. The van der Waals surface area contributed by atoms with Gasteiger partial charge in [-0.25, -0.2) is 4.79 Å². The molecule has 0 spiro atoms. The average Bonchev–Trinajstić information content (AvgIpc) is 2.81. The van der Waals surface area contributed by atoms with E-state index < -0.39 is 0 Å². The number of piperidine rings is 2. The summed E-state index contributed by atoms with van der Waals surface area (Å²) in [6, 6.07) is 17.1. The lowest BCUT2D eigenvalue weighted by Crippen LogP contribution is -2.57. The van der Waals surface area contributed by atoms with E-state index in [1.54, 1.807) is 7.11 Å². The summed E-state index contributed by atoms with van der Waals surface area (Å²) in [5.41, 5.74) is 3.83. The van der Waals surface area contributed by atoms with Crippen LogP contribution >= 0.6 is 0 Å². The monoisotopic (exact) mass is 406 g/mol. The fourth-order valence-corrected chi connectivity index (χ4v) is 5.59. The number of carbonyl (C=O) groups excluding carboxylic acids is 1. The number of ether oxygens (including phenoxy) is 2. The van der Waals surface area contributed by atoms with Gasteiger partial charge >= 0.3 is 6.09 Å². The van der Waals surface area contributed by atoms with Crippen LogP contribution in [0, 0.1) is 5.92 Å². The van der Waals surface area contributed by atoms with Gasteiger partial charge in [0.15, 0.2) is 0 Å². The number of hydrogen-bond acceptors (Lipinski definition) is 4. The Morgan fingerprint density at radius 3 is 2.83 bits per heavy atom. The van der Waals surface area contributed by atoms with Crippen molar-refractivity contribution in [2.45, 2.75) is 44.4 Å². The van der Waals surface area contributed by atoms with Crippen LogP contribution in [0.4, 0.5) is 4.79 Å². The highest BCUT2D eigenvalue weighted by molar-refractivity contribution is 5.68. The van der Waals surface area contributed by atoms with Crippen LogP contribution in [-0.2, 0) is 17.8 Å². The van der Waals surface area contributed by atoms with E-state index in [2.05, 4.69) is 23.1 Å². The Labute approximate surface area is 178 Å². The molecule has 2 aromatic carbocycles. The van der Waals surface area contributed by atoms with E-state index in [1.807, 2.05) is 35.2 Å². The SMILES string of the molecule is COc1ccc2c(c1)CCN1CC3CCCN(C(=O)OCc4ccccc4)C3CC21. The Morgan fingerprint density at radius 2 is 2.00 bits per heavy atom. The molecule has 3 aliphatic heterocycles. The van der Waals surface area contributed by atoms with Gasteiger partial charge in [0.05, 0.1) is 7.11 Å². The molecule has 5 heteroatoms. The third-order valence-corrected chi connectivity index (χ3v) is 7.11. The molecule has 0 bridgehead atoms. The number of hydrogen-bond donors (Lipinski definition) is 0. The van der Waals surface area contributed by atoms with Crippen LogP contribution < -0.4 is 4.74 Å². The molecule has 0 N–H and O–H groups in total. The van der Waals surface area contributed by atoms with Crippen LogP contribution in [0.2, 0.25) is 0 Å². The maximum Gasteiger partial charge on any atom is 0.410 e. The minimum atomic E-state index is -0.159. The Bertz CT molecular complexity index is 901. The zero-order valence-electron chi connectivity index (χ0n) is 17.6. The molecular weight excluding hydrogens is 376 g/mol. The Morgan fingerprint density at radius 1 is 1.13 bits per heavy atom. The number of nitrogens with zero attached hydrogens (tertiary/aromatic N) is 2. The first kappa shape index (κ1) is 19.4. The van der Waals surface area contributed by atoms with Crippen molar-refractivity contribution in [1.82, 2.24) is 9.80 Å². The molecule has 0 radical (unpaired) electrons. The van der Waals surface area contributed by atoms with Crippen molar-refractivity contribution in [1.29, 1.82) is 0 Å². The maximum atomic E-state index is 13.0. The lowest BCUT2D eigenvalue weighted by Gasteiger charge is -2.51. The number of likely N-dealkylation sites (tertiary alicyclic amines) is 1. The summed E-state index contributed by atoms with van der Waals surface area (Å²) in [5, 5.41) is 0. The maximum absolute atomic E-state index is 13.0. The second-order valence-corrected chi connectivity index (χ2v) is 8.76. The van der Waals surface area contributed by atoms with Crippen LogP contribution in [0.1, 0.15) is 42.0 Å². The van der Waals surface area contributed by atoms with Crippen LogP contribution in [0.3, 0.4) is 0 Å². The second kappa shape index (κ2) is 8.31. The number of rotatable bonds is 3. The van der Waals surface area contributed by atoms with Gasteiger partial charge in [-0.3, -0.25) is 4.90 Å². The molecule has 1 amide bonds. The minimum Gasteiger partial charge on any atom is -0.497 e. The molecule has 5 rings (SSSR count). The summed E-state index contributed by atoms with van der Waals surface area (Å²) < 4.78 is 11.1. The fraction of sp³-hybridized carbons (Fsp3) is 0.480. The highest BCUT2D eigenvalue weighted by Crippen LogP contribution is 2.43. The van der Waals surface area contributed by atoms with Gasteiger partial charge in [0, 0.05) is 31.7 Å². The molecule has 5 nitrogen and oxygen atoms in total. The first-order chi connectivity index (χ1) is 14.7. The van der Waals surface area contributed by atoms with E-state index in [-0.39, 0.29) is 12.1 Å². The summed E-state index contributed by atoms with van der Waals surface area (Å²) in [7, 11) is 1.73. The summed E-state index contributed by atoms with van der Waals surface area (Å²) >= 11 is 0. The van der Waals surface area contributed by atoms with Crippen LogP contribution in [0.25, 0.3) is 0 Å².